The zero-order valence-corrected chi connectivity index (χ0v) is 9.40. The fraction of sp³-hybridized carbons (Fsp3) is 0.455. The molecule has 1 atom stereocenters. The van der Waals surface area contributed by atoms with Crippen molar-refractivity contribution in [3.05, 3.63) is 29.6 Å². The number of rotatable bonds is 3. The molecule has 0 amide bonds. The molecule has 1 fully saturated rings. The van der Waals surface area contributed by atoms with Crippen molar-refractivity contribution in [2.24, 2.45) is 0 Å². The van der Waals surface area contributed by atoms with E-state index in [0.717, 1.165) is 12.6 Å². The van der Waals surface area contributed by atoms with Crippen molar-refractivity contribution >= 4 is 12.6 Å². The molecule has 0 radical (unpaired) electrons. The summed E-state index contributed by atoms with van der Waals surface area (Å²) in [5.41, 5.74) is 0.692. The van der Waals surface area contributed by atoms with Crippen LogP contribution in [0.25, 0.3) is 0 Å². The Kier molecular flexibility index (Phi) is 4.12. The Morgan fingerprint density at radius 1 is 1.47 bits per heavy atom. The lowest BCUT2D eigenvalue weighted by Gasteiger charge is -2.23. The minimum Gasteiger partial charge on any atom is -0.423 e. The van der Waals surface area contributed by atoms with E-state index in [1.807, 2.05) is 0 Å². The number of ether oxygens (including phenoxy) is 1. The lowest BCUT2D eigenvalue weighted by molar-refractivity contribution is 0.0287. The molecule has 6 heteroatoms. The molecule has 3 N–H and O–H groups in total. The molecule has 1 saturated heterocycles. The van der Waals surface area contributed by atoms with Crippen molar-refractivity contribution in [3.8, 4) is 0 Å². The average molecular weight is 239 g/mol. The van der Waals surface area contributed by atoms with E-state index in [1.54, 1.807) is 6.07 Å². The maximum absolute atomic E-state index is 13.7. The first kappa shape index (κ1) is 12.5. The Labute approximate surface area is 99.6 Å². The first-order chi connectivity index (χ1) is 8.16. The fourth-order valence-electron chi connectivity index (χ4n) is 1.89. The topological polar surface area (TPSA) is 61.7 Å². The van der Waals surface area contributed by atoms with Gasteiger partial charge in [0.2, 0.25) is 0 Å². The first-order valence-electron chi connectivity index (χ1n) is 5.63. The van der Waals surface area contributed by atoms with Gasteiger partial charge in [-0.3, -0.25) is 0 Å². The van der Waals surface area contributed by atoms with Gasteiger partial charge in [-0.2, -0.15) is 0 Å². The Morgan fingerprint density at radius 3 is 2.88 bits per heavy atom. The van der Waals surface area contributed by atoms with Crippen LogP contribution in [0.5, 0.6) is 0 Å². The van der Waals surface area contributed by atoms with E-state index in [9.17, 15) is 4.39 Å². The quantitative estimate of drug-likeness (QED) is 0.594. The second-order valence-electron chi connectivity index (χ2n) is 4.13. The highest BCUT2D eigenvalue weighted by Crippen LogP contribution is 2.11. The maximum Gasteiger partial charge on any atom is 0.488 e. The second-order valence-corrected chi connectivity index (χ2v) is 4.13. The number of benzene rings is 1. The monoisotopic (exact) mass is 239 g/mol. The lowest BCUT2D eigenvalue weighted by atomic mass is 9.79. The van der Waals surface area contributed by atoms with Gasteiger partial charge in [0.25, 0.3) is 0 Å². The Hall–Kier alpha value is -0.945. The summed E-state index contributed by atoms with van der Waals surface area (Å²) in [6.45, 7) is 2.18. The van der Waals surface area contributed by atoms with Gasteiger partial charge < -0.3 is 20.1 Å². The molecule has 1 heterocycles. The van der Waals surface area contributed by atoms with Gasteiger partial charge in [0.15, 0.2) is 0 Å². The molecular formula is C11H15BFNO3. The molecule has 1 aromatic carbocycles. The van der Waals surface area contributed by atoms with Gasteiger partial charge in [-0.1, -0.05) is 12.1 Å². The number of halogens is 1. The van der Waals surface area contributed by atoms with Gasteiger partial charge in [-0.05, 0) is 17.1 Å². The van der Waals surface area contributed by atoms with E-state index < -0.39 is 12.9 Å². The third-order valence-corrected chi connectivity index (χ3v) is 2.83. The van der Waals surface area contributed by atoms with Gasteiger partial charge in [0.05, 0.1) is 12.7 Å². The van der Waals surface area contributed by atoms with Crippen molar-refractivity contribution in [1.29, 1.82) is 0 Å². The molecule has 0 spiro atoms. The third-order valence-electron chi connectivity index (χ3n) is 2.83. The summed E-state index contributed by atoms with van der Waals surface area (Å²) in [5, 5.41) is 21.0. The zero-order valence-electron chi connectivity index (χ0n) is 9.40. The van der Waals surface area contributed by atoms with Crippen LogP contribution < -0.4 is 10.8 Å². The normalized spacial score (nSPS) is 20.3. The predicted molar refractivity (Wildman–Crippen MR) is 62.5 cm³/mol. The second kappa shape index (κ2) is 5.60. The number of nitrogens with one attached hydrogen (secondary N) is 1. The average Bonchev–Trinajstić information content (AvgIpc) is 2.33. The minimum atomic E-state index is -1.63. The van der Waals surface area contributed by atoms with E-state index in [4.69, 9.17) is 14.8 Å². The summed E-state index contributed by atoms with van der Waals surface area (Å²) in [7, 11) is -1.63. The first-order valence-corrected chi connectivity index (χ1v) is 5.63. The summed E-state index contributed by atoms with van der Waals surface area (Å²) in [5.74, 6) is -0.426. The zero-order chi connectivity index (χ0) is 12.3. The van der Waals surface area contributed by atoms with Gasteiger partial charge in [0.1, 0.15) is 5.82 Å². The Balaban J connectivity index is 2.05. The highest BCUT2D eigenvalue weighted by Gasteiger charge is 2.18. The molecule has 2 rings (SSSR count). The smallest absolute Gasteiger partial charge is 0.423 e. The van der Waals surface area contributed by atoms with Gasteiger partial charge in [0, 0.05) is 19.5 Å². The van der Waals surface area contributed by atoms with Crippen LogP contribution in [-0.4, -0.2) is 43.0 Å². The van der Waals surface area contributed by atoms with Crippen LogP contribution in [0, 0.1) is 5.82 Å². The van der Waals surface area contributed by atoms with E-state index in [-0.39, 0.29) is 11.6 Å². The molecule has 0 bridgehead atoms. The molecule has 1 aliphatic heterocycles. The molecule has 0 saturated carbocycles. The Bertz CT molecular complexity index is 383. The fourth-order valence-corrected chi connectivity index (χ4v) is 1.89. The van der Waals surface area contributed by atoms with Crippen LogP contribution in [0.4, 0.5) is 4.39 Å². The predicted octanol–water partition coefficient (Wildman–Crippen LogP) is -0.964. The standard InChI is InChI=1S/C11H15BFNO3/c13-11-6-9(12(15)16)2-1-8(11)5-10-7-14-3-4-17-10/h1-2,6,10,14-16H,3-5,7H2/t10-/m1/s1. The molecule has 0 unspecified atom stereocenters. The van der Waals surface area contributed by atoms with Crippen molar-refractivity contribution < 1.29 is 19.2 Å². The highest BCUT2D eigenvalue weighted by atomic mass is 19.1. The van der Waals surface area contributed by atoms with Crippen LogP contribution in [-0.2, 0) is 11.2 Å². The SMILES string of the molecule is OB(O)c1ccc(C[C@@H]2CNCCO2)c(F)c1. The molecule has 92 valence electrons. The van der Waals surface area contributed by atoms with E-state index in [0.29, 0.717) is 25.1 Å². The third kappa shape index (κ3) is 3.26. The van der Waals surface area contributed by atoms with Crippen molar-refractivity contribution in [2.45, 2.75) is 12.5 Å². The van der Waals surface area contributed by atoms with Crippen molar-refractivity contribution in [3.63, 3.8) is 0 Å². The van der Waals surface area contributed by atoms with Crippen molar-refractivity contribution in [2.75, 3.05) is 19.7 Å². The summed E-state index contributed by atoms with van der Waals surface area (Å²) >= 11 is 0. The number of morpholine rings is 1. The van der Waals surface area contributed by atoms with Crippen molar-refractivity contribution in [1.82, 2.24) is 5.32 Å². The molecule has 4 nitrogen and oxygen atoms in total. The van der Waals surface area contributed by atoms with Crippen LogP contribution in [0.2, 0.25) is 0 Å². The summed E-state index contributed by atoms with van der Waals surface area (Å²) < 4.78 is 19.2. The van der Waals surface area contributed by atoms with E-state index >= 15 is 0 Å². The molecule has 17 heavy (non-hydrogen) atoms. The maximum atomic E-state index is 13.7. The minimum absolute atomic E-state index is 0.0249. The molecule has 0 aromatic heterocycles. The van der Waals surface area contributed by atoms with Gasteiger partial charge >= 0.3 is 7.12 Å². The van der Waals surface area contributed by atoms with Gasteiger partial charge in [-0.15, -0.1) is 0 Å². The van der Waals surface area contributed by atoms with Crippen LogP contribution >= 0.6 is 0 Å². The summed E-state index contributed by atoms with van der Waals surface area (Å²) in [6, 6.07) is 4.23. The molecule has 0 aliphatic carbocycles. The highest BCUT2D eigenvalue weighted by molar-refractivity contribution is 6.58. The summed E-state index contributed by atoms with van der Waals surface area (Å²) in [6.07, 6.45) is 0.462. The summed E-state index contributed by atoms with van der Waals surface area (Å²) in [4.78, 5) is 0. The Morgan fingerprint density at radius 2 is 2.29 bits per heavy atom. The lowest BCUT2D eigenvalue weighted by Crippen LogP contribution is -2.39. The van der Waals surface area contributed by atoms with Crippen LogP contribution in [0.15, 0.2) is 18.2 Å². The van der Waals surface area contributed by atoms with Gasteiger partial charge in [-0.25, -0.2) is 4.39 Å². The number of hydrogen-bond donors (Lipinski definition) is 3. The molecule has 1 aliphatic rings. The molecule has 1 aromatic rings. The molecular weight excluding hydrogens is 224 g/mol. The number of hydrogen-bond acceptors (Lipinski definition) is 4. The van der Waals surface area contributed by atoms with E-state index in [1.165, 1.54) is 6.07 Å². The van der Waals surface area contributed by atoms with Crippen LogP contribution in [0.3, 0.4) is 0 Å². The van der Waals surface area contributed by atoms with Crippen LogP contribution in [0.1, 0.15) is 5.56 Å². The van der Waals surface area contributed by atoms with E-state index in [2.05, 4.69) is 5.32 Å². The largest absolute Gasteiger partial charge is 0.488 e.